The molecule has 0 radical (unpaired) electrons. The van der Waals surface area contributed by atoms with Crippen LogP contribution in [0, 0.1) is 28.6 Å². The lowest BCUT2D eigenvalue weighted by molar-refractivity contribution is -0.117. The first-order valence-corrected chi connectivity index (χ1v) is 10.6. The highest BCUT2D eigenvalue weighted by molar-refractivity contribution is 5.89. The Balaban J connectivity index is 2.70. The largest absolute Gasteiger partial charge is 0.311 e. The van der Waals surface area contributed by atoms with E-state index < -0.39 is 0 Å². The second-order valence-electron chi connectivity index (χ2n) is 10.9. The lowest BCUT2D eigenvalue weighted by Crippen LogP contribution is -2.25. The monoisotopic (exact) mass is 374 g/mol. The summed E-state index contributed by atoms with van der Waals surface area (Å²) in [4.78, 5) is 16.8. The van der Waals surface area contributed by atoms with Gasteiger partial charge in [-0.25, -0.2) is 4.98 Å². The number of carbonyl (C=O) groups is 1. The number of pyridine rings is 1. The van der Waals surface area contributed by atoms with Crippen LogP contribution in [0.4, 0.5) is 5.82 Å². The van der Waals surface area contributed by atoms with Gasteiger partial charge in [-0.05, 0) is 60.0 Å². The number of rotatable bonds is 9. The van der Waals surface area contributed by atoms with Crippen molar-refractivity contribution >= 4 is 11.7 Å². The zero-order valence-corrected chi connectivity index (χ0v) is 18.9. The zero-order chi connectivity index (χ0) is 20.7. The quantitative estimate of drug-likeness (QED) is 0.508. The minimum Gasteiger partial charge on any atom is -0.311 e. The molecule has 0 saturated heterocycles. The summed E-state index contributed by atoms with van der Waals surface area (Å²) in [5.74, 6) is 2.36. The summed E-state index contributed by atoms with van der Waals surface area (Å²) >= 11 is 0. The Morgan fingerprint density at radius 3 is 2.15 bits per heavy atom. The van der Waals surface area contributed by atoms with Crippen molar-refractivity contribution in [3.05, 3.63) is 24.4 Å². The normalized spacial score (nSPS) is 15.9. The van der Waals surface area contributed by atoms with E-state index in [1.165, 1.54) is 12.8 Å². The predicted molar refractivity (Wildman–Crippen MR) is 117 cm³/mol. The summed E-state index contributed by atoms with van der Waals surface area (Å²) in [5, 5.41) is 2.97. The number of hydrogen-bond donors (Lipinski definition) is 1. The Morgan fingerprint density at radius 1 is 1.00 bits per heavy atom. The molecule has 0 aliphatic carbocycles. The average Bonchev–Trinajstić information content (AvgIpc) is 2.48. The predicted octanol–water partition coefficient (Wildman–Crippen LogP) is 6.95. The molecule has 0 spiro atoms. The third-order valence-electron chi connectivity index (χ3n) is 5.11. The number of nitrogens with zero attached hydrogens (tertiary/aromatic N) is 1. The molecular weight excluding hydrogens is 332 g/mol. The maximum absolute atomic E-state index is 12.6. The van der Waals surface area contributed by atoms with Gasteiger partial charge in [-0.15, -0.1) is 0 Å². The zero-order valence-electron chi connectivity index (χ0n) is 18.9. The first kappa shape index (κ1) is 23.7. The number of nitrogens with one attached hydrogen (secondary N) is 1. The summed E-state index contributed by atoms with van der Waals surface area (Å²) in [6.45, 7) is 18.5. The molecule has 3 unspecified atom stereocenters. The molecule has 0 aliphatic heterocycles. The molecule has 3 atom stereocenters. The Bertz CT molecular complexity index is 554. The maximum atomic E-state index is 12.6. The fourth-order valence-electron chi connectivity index (χ4n) is 4.24. The first-order valence-electron chi connectivity index (χ1n) is 10.6. The van der Waals surface area contributed by atoms with E-state index in [9.17, 15) is 4.79 Å². The minimum atomic E-state index is 0.0860. The molecule has 0 bridgehead atoms. The second kappa shape index (κ2) is 10.2. The second-order valence-corrected chi connectivity index (χ2v) is 10.9. The molecule has 1 amide bonds. The van der Waals surface area contributed by atoms with Gasteiger partial charge in [0, 0.05) is 12.6 Å². The smallest absolute Gasteiger partial charge is 0.225 e. The third kappa shape index (κ3) is 11.1. The highest BCUT2D eigenvalue weighted by Crippen LogP contribution is 2.35. The summed E-state index contributed by atoms with van der Waals surface area (Å²) < 4.78 is 0. The molecule has 1 rings (SSSR count). The number of anilines is 1. The molecule has 0 saturated carbocycles. The number of hydrogen-bond acceptors (Lipinski definition) is 2. The van der Waals surface area contributed by atoms with Gasteiger partial charge < -0.3 is 5.32 Å². The molecule has 154 valence electrons. The number of amides is 1. The van der Waals surface area contributed by atoms with E-state index in [-0.39, 0.29) is 11.3 Å². The molecule has 3 nitrogen and oxygen atoms in total. The van der Waals surface area contributed by atoms with Gasteiger partial charge in [0.05, 0.1) is 0 Å². The van der Waals surface area contributed by atoms with Crippen LogP contribution in [0.3, 0.4) is 0 Å². The van der Waals surface area contributed by atoms with Gasteiger partial charge in [0.2, 0.25) is 5.91 Å². The van der Waals surface area contributed by atoms with E-state index in [1.54, 1.807) is 6.20 Å². The van der Waals surface area contributed by atoms with Crippen LogP contribution in [0.2, 0.25) is 0 Å². The van der Waals surface area contributed by atoms with Crippen LogP contribution in [0.15, 0.2) is 24.4 Å². The Hall–Kier alpha value is -1.38. The standard InChI is InChI=1S/C24H42N2O/c1-18(16-23(3,4)5)12-13-20(19(2)17-24(6,7)8)15-22(27)26-21-11-9-10-14-25-21/h9-11,14,18-20H,12-13,15-17H2,1-8H3,(H,25,26,27). The molecular formula is C24H42N2O. The van der Waals surface area contributed by atoms with Crippen molar-refractivity contribution < 1.29 is 4.79 Å². The van der Waals surface area contributed by atoms with Crippen LogP contribution < -0.4 is 5.32 Å². The van der Waals surface area contributed by atoms with Crippen LogP contribution in [0.25, 0.3) is 0 Å². The lowest BCUT2D eigenvalue weighted by Gasteiger charge is -2.31. The van der Waals surface area contributed by atoms with Crippen molar-refractivity contribution in [1.29, 1.82) is 0 Å². The maximum Gasteiger partial charge on any atom is 0.225 e. The van der Waals surface area contributed by atoms with Gasteiger partial charge in [-0.3, -0.25) is 4.79 Å². The fourth-order valence-corrected chi connectivity index (χ4v) is 4.24. The Morgan fingerprint density at radius 2 is 1.63 bits per heavy atom. The van der Waals surface area contributed by atoms with E-state index in [0.717, 1.165) is 12.8 Å². The van der Waals surface area contributed by atoms with Crippen molar-refractivity contribution in [3.63, 3.8) is 0 Å². The molecule has 0 aliphatic rings. The van der Waals surface area contributed by atoms with Crippen LogP contribution in [0.5, 0.6) is 0 Å². The molecule has 27 heavy (non-hydrogen) atoms. The SMILES string of the molecule is CC(CCC(CC(=O)Nc1ccccn1)C(C)CC(C)(C)C)CC(C)(C)C. The van der Waals surface area contributed by atoms with E-state index in [2.05, 4.69) is 65.7 Å². The Kier molecular flexibility index (Phi) is 8.98. The van der Waals surface area contributed by atoms with Crippen LogP contribution in [-0.4, -0.2) is 10.9 Å². The molecule has 0 fully saturated rings. The molecule has 1 aromatic rings. The van der Waals surface area contributed by atoms with Crippen molar-refractivity contribution in [3.8, 4) is 0 Å². The summed E-state index contributed by atoms with van der Waals surface area (Å²) in [7, 11) is 0. The third-order valence-corrected chi connectivity index (χ3v) is 5.11. The molecule has 1 heterocycles. The van der Waals surface area contributed by atoms with Crippen LogP contribution in [-0.2, 0) is 4.79 Å². The average molecular weight is 375 g/mol. The van der Waals surface area contributed by atoms with Crippen molar-refractivity contribution in [2.45, 2.75) is 87.5 Å². The van der Waals surface area contributed by atoms with Gasteiger partial charge in [-0.1, -0.05) is 67.9 Å². The lowest BCUT2D eigenvalue weighted by atomic mass is 9.75. The van der Waals surface area contributed by atoms with Crippen molar-refractivity contribution in [1.82, 2.24) is 4.98 Å². The van der Waals surface area contributed by atoms with E-state index in [1.807, 2.05) is 18.2 Å². The van der Waals surface area contributed by atoms with Crippen molar-refractivity contribution in [2.75, 3.05) is 5.32 Å². The highest BCUT2D eigenvalue weighted by Gasteiger charge is 2.26. The van der Waals surface area contributed by atoms with E-state index in [4.69, 9.17) is 0 Å². The van der Waals surface area contributed by atoms with Gasteiger partial charge >= 0.3 is 0 Å². The fraction of sp³-hybridized carbons (Fsp3) is 0.750. The van der Waals surface area contributed by atoms with Crippen molar-refractivity contribution in [2.24, 2.45) is 28.6 Å². The van der Waals surface area contributed by atoms with Gasteiger partial charge in [0.1, 0.15) is 5.82 Å². The molecule has 1 N–H and O–H groups in total. The Labute approximate surface area is 167 Å². The van der Waals surface area contributed by atoms with Crippen LogP contribution in [0.1, 0.15) is 87.5 Å². The van der Waals surface area contributed by atoms with E-state index in [0.29, 0.717) is 35.4 Å². The molecule has 1 aromatic heterocycles. The topological polar surface area (TPSA) is 42.0 Å². The summed E-state index contributed by atoms with van der Waals surface area (Å²) in [6.07, 6.45) is 6.96. The van der Waals surface area contributed by atoms with Gasteiger partial charge in [0.25, 0.3) is 0 Å². The van der Waals surface area contributed by atoms with Crippen LogP contribution >= 0.6 is 0 Å². The first-order chi connectivity index (χ1) is 12.4. The minimum absolute atomic E-state index is 0.0860. The number of carbonyl (C=O) groups excluding carboxylic acids is 1. The van der Waals surface area contributed by atoms with Gasteiger partial charge in [0.15, 0.2) is 0 Å². The summed E-state index contributed by atoms with van der Waals surface area (Å²) in [5.41, 5.74) is 0.647. The highest BCUT2D eigenvalue weighted by atomic mass is 16.1. The molecule has 0 aromatic carbocycles. The number of aromatic nitrogens is 1. The molecule has 3 heteroatoms. The summed E-state index contributed by atoms with van der Waals surface area (Å²) in [6, 6.07) is 5.61. The van der Waals surface area contributed by atoms with Gasteiger partial charge in [-0.2, -0.15) is 0 Å². The van der Waals surface area contributed by atoms with E-state index >= 15 is 0 Å².